The Labute approximate surface area is 138 Å². The van der Waals surface area contributed by atoms with Crippen molar-refractivity contribution in [2.45, 2.75) is 32.3 Å². The molecule has 23 heavy (non-hydrogen) atoms. The third-order valence-corrected chi connectivity index (χ3v) is 5.26. The lowest BCUT2D eigenvalue weighted by Gasteiger charge is -2.20. The average molecular weight is 338 g/mol. The minimum Gasteiger partial charge on any atom is -0.375 e. The van der Waals surface area contributed by atoms with Gasteiger partial charge in [-0.25, -0.2) is 13.8 Å². The molecule has 1 heterocycles. The molecule has 0 spiro atoms. The van der Waals surface area contributed by atoms with E-state index >= 15 is 0 Å². The molecule has 0 amide bonds. The molecule has 3 rings (SSSR count). The summed E-state index contributed by atoms with van der Waals surface area (Å²) >= 11 is 1.42. The molecule has 1 aromatic heterocycles. The maximum atomic E-state index is 14.5. The van der Waals surface area contributed by atoms with E-state index in [1.165, 1.54) is 11.3 Å². The first-order valence-electron chi connectivity index (χ1n) is 7.79. The number of fused-ring (bicyclic) bond motifs is 1. The summed E-state index contributed by atoms with van der Waals surface area (Å²) in [5.74, 6) is -1.67. The van der Waals surface area contributed by atoms with E-state index in [-0.39, 0.29) is 17.4 Å². The Bertz CT molecular complexity index is 715. The highest BCUT2D eigenvalue weighted by atomic mass is 32.1. The Kier molecular flexibility index (Phi) is 4.64. The lowest BCUT2D eigenvalue weighted by molar-refractivity contribution is 0.0524. The van der Waals surface area contributed by atoms with Gasteiger partial charge in [0.25, 0.3) is 0 Å². The molecule has 0 N–H and O–H groups in total. The Morgan fingerprint density at radius 2 is 2.09 bits per heavy atom. The van der Waals surface area contributed by atoms with Crippen LogP contribution in [0.5, 0.6) is 0 Å². The first-order chi connectivity index (χ1) is 11.0. The number of hydrogen-bond donors (Lipinski definition) is 0. The number of aromatic nitrogens is 1. The molecule has 2 aromatic rings. The number of anilines is 1. The summed E-state index contributed by atoms with van der Waals surface area (Å²) in [5.41, 5.74) is 1.42. The molecule has 0 saturated carbocycles. The molecule has 124 valence electrons. The molecule has 1 aromatic carbocycles. The number of halogens is 2. The quantitative estimate of drug-likeness (QED) is 0.817. The summed E-state index contributed by atoms with van der Waals surface area (Å²) in [5, 5.41) is 0.531. The van der Waals surface area contributed by atoms with Crippen molar-refractivity contribution in [2.75, 3.05) is 25.6 Å². The molecule has 0 aliphatic heterocycles. The zero-order valence-electron chi connectivity index (χ0n) is 13.5. The Hall–Kier alpha value is -1.53. The van der Waals surface area contributed by atoms with Gasteiger partial charge >= 0.3 is 0 Å². The Morgan fingerprint density at radius 1 is 1.30 bits per heavy atom. The fourth-order valence-corrected chi connectivity index (χ4v) is 4.12. The molecule has 6 heteroatoms. The third-order valence-electron chi connectivity index (χ3n) is 4.04. The van der Waals surface area contributed by atoms with Gasteiger partial charge in [-0.05, 0) is 38.3 Å². The van der Waals surface area contributed by atoms with Crippen LogP contribution in [0.15, 0.2) is 12.1 Å². The van der Waals surface area contributed by atoms with Gasteiger partial charge in [-0.2, -0.15) is 0 Å². The second-order valence-corrected chi connectivity index (χ2v) is 6.85. The number of thiazole rings is 1. The van der Waals surface area contributed by atoms with Gasteiger partial charge in [-0.1, -0.05) is 0 Å². The van der Waals surface area contributed by atoms with Gasteiger partial charge < -0.3 is 9.64 Å². The van der Waals surface area contributed by atoms with Crippen LogP contribution in [-0.4, -0.2) is 25.7 Å². The normalized spacial score (nSPS) is 17.2. The molecule has 3 nitrogen and oxygen atoms in total. The van der Waals surface area contributed by atoms with Crippen molar-refractivity contribution in [1.29, 1.82) is 0 Å². The zero-order valence-corrected chi connectivity index (χ0v) is 14.3. The van der Waals surface area contributed by atoms with Crippen molar-refractivity contribution in [3.8, 4) is 10.6 Å². The lowest BCUT2D eigenvalue weighted by Crippen LogP contribution is -2.11. The van der Waals surface area contributed by atoms with Gasteiger partial charge in [0.15, 0.2) is 11.6 Å². The van der Waals surface area contributed by atoms with Crippen LogP contribution < -0.4 is 4.90 Å². The van der Waals surface area contributed by atoms with Crippen LogP contribution in [-0.2, 0) is 11.2 Å². The molecular weight excluding hydrogens is 318 g/mol. The van der Waals surface area contributed by atoms with E-state index in [1.54, 1.807) is 31.1 Å². The summed E-state index contributed by atoms with van der Waals surface area (Å²) in [6.45, 7) is 2.60. The van der Waals surface area contributed by atoms with Crippen molar-refractivity contribution >= 4 is 17.0 Å². The first-order valence-corrected chi connectivity index (χ1v) is 8.61. The molecule has 0 fully saturated rings. The van der Waals surface area contributed by atoms with Crippen LogP contribution in [0.2, 0.25) is 0 Å². The fourth-order valence-electron chi connectivity index (χ4n) is 2.91. The highest BCUT2D eigenvalue weighted by molar-refractivity contribution is 7.15. The van der Waals surface area contributed by atoms with Crippen LogP contribution in [0.25, 0.3) is 10.6 Å². The van der Waals surface area contributed by atoms with Gasteiger partial charge in [0, 0.05) is 26.3 Å². The molecule has 0 saturated heterocycles. The summed E-state index contributed by atoms with van der Waals surface area (Å²) in [7, 11) is 3.37. The number of ether oxygens (including phenoxy) is 1. The number of hydrogen-bond acceptors (Lipinski definition) is 4. The van der Waals surface area contributed by atoms with Gasteiger partial charge in [0.2, 0.25) is 0 Å². The fraction of sp³-hybridized carbons (Fsp3) is 0.471. The predicted octanol–water partition coefficient (Wildman–Crippen LogP) is 4.57. The van der Waals surface area contributed by atoms with Crippen molar-refractivity contribution in [3.63, 3.8) is 0 Å². The van der Waals surface area contributed by atoms with Gasteiger partial charge in [0.05, 0.1) is 22.4 Å². The van der Waals surface area contributed by atoms with Crippen molar-refractivity contribution in [3.05, 3.63) is 34.3 Å². The van der Waals surface area contributed by atoms with Crippen LogP contribution >= 0.6 is 11.3 Å². The number of aryl methyl sites for hydroxylation is 1. The topological polar surface area (TPSA) is 25.4 Å². The smallest absolute Gasteiger partial charge is 0.182 e. The zero-order chi connectivity index (χ0) is 16.6. The van der Waals surface area contributed by atoms with E-state index in [9.17, 15) is 8.78 Å². The van der Waals surface area contributed by atoms with Crippen LogP contribution in [0.3, 0.4) is 0 Å². The first kappa shape index (κ1) is 16.3. The third kappa shape index (κ3) is 2.97. The highest BCUT2D eigenvalue weighted by Gasteiger charge is 2.27. The second kappa shape index (κ2) is 6.53. The standard InChI is InChI=1S/C17H20F2N2OS/c1-4-22-13-7-5-6-11-16(13)23-17(20-11)10-8-9-12(21(2)3)15(19)14(10)18/h8-9,13H,4-7H2,1-3H3. The number of rotatable bonds is 4. The summed E-state index contributed by atoms with van der Waals surface area (Å²) in [6.07, 6.45) is 2.87. The average Bonchev–Trinajstić information content (AvgIpc) is 2.94. The maximum Gasteiger partial charge on any atom is 0.182 e. The van der Waals surface area contributed by atoms with Crippen molar-refractivity contribution < 1.29 is 13.5 Å². The maximum absolute atomic E-state index is 14.5. The molecule has 0 radical (unpaired) electrons. The summed E-state index contributed by atoms with van der Waals surface area (Å²) in [6, 6.07) is 3.20. The lowest BCUT2D eigenvalue weighted by atomic mass is 10.0. The molecule has 0 bridgehead atoms. The highest BCUT2D eigenvalue weighted by Crippen LogP contribution is 2.41. The minimum absolute atomic E-state index is 0.0314. The largest absolute Gasteiger partial charge is 0.375 e. The Morgan fingerprint density at radius 3 is 2.78 bits per heavy atom. The molecule has 1 aliphatic carbocycles. The van der Waals surface area contributed by atoms with Gasteiger partial charge in [-0.3, -0.25) is 0 Å². The molecule has 1 atom stereocenters. The molecule has 1 unspecified atom stereocenters. The van der Waals surface area contributed by atoms with Crippen molar-refractivity contribution in [1.82, 2.24) is 4.98 Å². The number of benzene rings is 1. The van der Waals surface area contributed by atoms with E-state index in [0.29, 0.717) is 11.6 Å². The van der Waals surface area contributed by atoms with Crippen LogP contribution in [0.1, 0.15) is 36.4 Å². The van der Waals surface area contributed by atoms with E-state index < -0.39 is 11.6 Å². The van der Waals surface area contributed by atoms with Crippen LogP contribution in [0, 0.1) is 11.6 Å². The predicted molar refractivity (Wildman–Crippen MR) is 89.1 cm³/mol. The number of nitrogens with zero attached hydrogens (tertiary/aromatic N) is 2. The summed E-state index contributed by atoms with van der Waals surface area (Å²) in [4.78, 5) is 7.16. The second-order valence-electron chi connectivity index (χ2n) is 5.82. The monoisotopic (exact) mass is 338 g/mol. The van der Waals surface area contributed by atoms with Crippen LogP contribution in [0.4, 0.5) is 14.5 Å². The molecule has 1 aliphatic rings. The SMILES string of the molecule is CCOC1CCCc2nc(-c3ccc(N(C)C)c(F)c3F)sc21. The molecular formula is C17H20F2N2OS. The van der Waals surface area contributed by atoms with Gasteiger partial charge in [0.1, 0.15) is 5.01 Å². The summed E-state index contributed by atoms with van der Waals surface area (Å²) < 4.78 is 34.4. The van der Waals surface area contributed by atoms with Gasteiger partial charge in [-0.15, -0.1) is 11.3 Å². The van der Waals surface area contributed by atoms with Crippen molar-refractivity contribution in [2.24, 2.45) is 0 Å². The van der Waals surface area contributed by atoms with E-state index in [1.807, 2.05) is 6.92 Å². The van der Waals surface area contributed by atoms with E-state index in [2.05, 4.69) is 4.98 Å². The minimum atomic E-state index is -0.838. The van der Waals surface area contributed by atoms with E-state index in [0.717, 1.165) is 29.8 Å². The Balaban J connectivity index is 2.02. The van der Waals surface area contributed by atoms with E-state index in [4.69, 9.17) is 4.74 Å².